The van der Waals surface area contributed by atoms with Gasteiger partial charge in [-0.2, -0.15) is 5.26 Å². The maximum Gasteiger partial charge on any atom is 0.248 e. The van der Waals surface area contributed by atoms with E-state index in [4.69, 9.17) is 11.6 Å². The second kappa shape index (κ2) is 11.0. The molecule has 4 aromatic rings. The lowest BCUT2D eigenvalue weighted by Crippen LogP contribution is -2.23. The fourth-order valence-electron chi connectivity index (χ4n) is 4.68. The van der Waals surface area contributed by atoms with Crippen LogP contribution < -0.4 is 10.6 Å². The molecule has 9 heteroatoms. The number of carbonyl (C=O) groups is 1. The van der Waals surface area contributed by atoms with Crippen LogP contribution in [0, 0.1) is 17.1 Å². The van der Waals surface area contributed by atoms with Gasteiger partial charge in [0.1, 0.15) is 12.1 Å². The number of hydrogen-bond acceptors (Lipinski definition) is 6. The number of carbonyl (C=O) groups excluding carboxylic acids is 1. The molecule has 0 radical (unpaired) electrons. The minimum atomic E-state index is -0.611. The van der Waals surface area contributed by atoms with Crippen molar-refractivity contribution in [2.75, 3.05) is 24.2 Å². The Balaban J connectivity index is 1.63. The van der Waals surface area contributed by atoms with Gasteiger partial charge in [0.2, 0.25) is 5.91 Å². The Hall–Kier alpha value is -4.32. The first kappa shape index (κ1) is 25.3. The summed E-state index contributed by atoms with van der Waals surface area (Å²) in [5.41, 5.74) is 2.95. The zero-order valence-electron chi connectivity index (χ0n) is 20.6. The summed E-state index contributed by atoms with van der Waals surface area (Å²) in [7, 11) is 2.04. The number of anilines is 3. The summed E-state index contributed by atoms with van der Waals surface area (Å²) < 4.78 is 14.8. The normalized spacial score (nSPS) is 15.6. The first-order valence-corrected chi connectivity index (χ1v) is 12.5. The van der Waals surface area contributed by atoms with Crippen molar-refractivity contribution in [2.24, 2.45) is 0 Å². The van der Waals surface area contributed by atoms with Crippen LogP contribution >= 0.6 is 11.6 Å². The van der Waals surface area contributed by atoms with Gasteiger partial charge in [-0.15, -0.1) is 0 Å². The smallest absolute Gasteiger partial charge is 0.248 e. The summed E-state index contributed by atoms with van der Waals surface area (Å²) in [4.78, 5) is 24.0. The predicted octanol–water partition coefficient (Wildman–Crippen LogP) is 6.29. The van der Waals surface area contributed by atoms with Crippen molar-refractivity contribution in [2.45, 2.75) is 18.9 Å². The summed E-state index contributed by atoms with van der Waals surface area (Å²) in [5, 5.41) is 16.1. The molecular formula is C29H24ClFN6O. The van der Waals surface area contributed by atoms with Crippen molar-refractivity contribution >= 4 is 45.6 Å². The van der Waals surface area contributed by atoms with Gasteiger partial charge in [0.05, 0.1) is 33.2 Å². The molecule has 5 rings (SSSR count). The van der Waals surface area contributed by atoms with Crippen molar-refractivity contribution in [3.05, 3.63) is 89.5 Å². The predicted molar refractivity (Wildman–Crippen MR) is 148 cm³/mol. The number of rotatable bonds is 6. The molecule has 1 aliphatic rings. The monoisotopic (exact) mass is 526 g/mol. The lowest BCUT2D eigenvalue weighted by Gasteiger charge is -2.17. The summed E-state index contributed by atoms with van der Waals surface area (Å²) in [6, 6.07) is 17.6. The summed E-state index contributed by atoms with van der Waals surface area (Å²) in [6.45, 7) is 1.00. The minimum absolute atomic E-state index is 0.0250. The van der Waals surface area contributed by atoms with Gasteiger partial charge >= 0.3 is 0 Å². The van der Waals surface area contributed by atoms with Gasteiger partial charge in [0, 0.05) is 23.4 Å². The van der Waals surface area contributed by atoms with Crippen LogP contribution in [0.1, 0.15) is 18.4 Å². The molecule has 0 saturated carbocycles. The van der Waals surface area contributed by atoms with Gasteiger partial charge in [-0.3, -0.25) is 9.69 Å². The van der Waals surface area contributed by atoms with E-state index < -0.39 is 5.82 Å². The molecule has 1 saturated heterocycles. The number of nitrogens with zero attached hydrogens (tertiary/aromatic N) is 4. The molecule has 1 atom stereocenters. The van der Waals surface area contributed by atoms with Crippen molar-refractivity contribution in [3.8, 4) is 17.2 Å². The maximum absolute atomic E-state index is 14.8. The highest BCUT2D eigenvalue weighted by molar-refractivity contribution is 6.31. The second-order valence-corrected chi connectivity index (χ2v) is 9.47. The van der Waals surface area contributed by atoms with Gasteiger partial charge in [0.15, 0.2) is 5.82 Å². The molecule has 0 unspecified atom stereocenters. The summed E-state index contributed by atoms with van der Waals surface area (Å²) >= 11 is 5.99. The molecule has 38 heavy (non-hydrogen) atoms. The van der Waals surface area contributed by atoms with Crippen molar-refractivity contribution < 1.29 is 9.18 Å². The second-order valence-electron chi connectivity index (χ2n) is 9.06. The molecule has 1 aliphatic heterocycles. The first-order chi connectivity index (χ1) is 18.4. The number of fused-ring (bicyclic) bond motifs is 1. The quantitative estimate of drug-likeness (QED) is 0.287. The van der Waals surface area contributed by atoms with E-state index in [1.807, 2.05) is 19.2 Å². The van der Waals surface area contributed by atoms with E-state index in [-0.39, 0.29) is 22.7 Å². The van der Waals surface area contributed by atoms with Gasteiger partial charge in [0.25, 0.3) is 0 Å². The SMILES string of the molecule is CN1CCC[C@@H]1/C=C/C(=O)Nc1ccc2ncnc(Nc3cccc(Cl)c3F)c2c1-c1cccc(C#N)c1. The standard InChI is InChI=1S/C29H24ClFN6O/c1-37-14-4-7-20(37)10-13-25(38)35-23-12-11-22-27(26(23)19-6-2-5-18(15-19)16-32)29(34-17-33-22)36-24-9-3-8-21(30)28(24)31/h2-3,5-6,8-13,15,17,20H,4,7,14H2,1H3,(H,35,38)(H,33,34,36)/b13-10+/t20-/m1/s1. The van der Waals surface area contributed by atoms with Crippen LogP contribution in [0.25, 0.3) is 22.0 Å². The van der Waals surface area contributed by atoms with E-state index in [9.17, 15) is 14.4 Å². The minimum Gasteiger partial charge on any atom is -0.337 e. The number of likely N-dealkylation sites (N-methyl/N-ethyl adjacent to an activating group) is 1. The third-order valence-corrected chi connectivity index (χ3v) is 6.89. The Bertz CT molecular complexity index is 1600. The summed E-state index contributed by atoms with van der Waals surface area (Å²) in [5.74, 6) is -0.567. The number of aromatic nitrogens is 2. The lowest BCUT2D eigenvalue weighted by atomic mass is 9.97. The Morgan fingerprint density at radius 1 is 1.18 bits per heavy atom. The molecule has 0 spiro atoms. The molecule has 1 amide bonds. The molecule has 190 valence electrons. The molecule has 1 fully saturated rings. The van der Waals surface area contributed by atoms with Crippen LogP contribution in [-0.2, 0) is 4.79 Å². The molecular weight excluding hydrogens is 503 g/mol. The fourth-order valence-corrected chi connectivity index (χ4v) is 4.85. The average Bonchev–Trinajstić information content (AvgIpc) is 3.34. The van der Waals surface area contributed by atoms with Gasteiger partial charge in [-0.1, -0.05) is 35.9 Å². The molecule has 3 aromatic carbocycles. The van der Waals surface area contributed by atoms with E-state index >= 15 is 0 Å². The first-order valence-electron chi connectivity index (χ1n) is 12.1. The van der Waals surface area contributed by atoms with E-state index in [1.165, 1.54) is 12.4 Å². The largest absolute Gasteiger partial charge is 0.337 e. The number of nitrogens with one attached hydrogen (secondary N) is 2. The highest BCUT2D eigenvalue weighted by atomic mass is 35.5. The number of likely N-dealkylation sites (tertiary alicyclic amines) is 1. The van der Waals surface area contributed by atoms with Gasteiger partial charge < -0.3 is 10.6 Å². The molecule has 1 aromatic heterocycles. The Morgan fingerprint density at radius 2 is 2.03 bits per heavy atom. The van der Waals surface area contributed by atoms with Crippen LogP contribution in [-0.4, -0.2) is 40.4 Å². The number of hydrogen-bond donors (Lipinski definition) is 2. The molecule has 7 nitrogen and oxygen atoms in total. The maximum atomic E-state index is 14.8. The number of halogens is 2. The Labute approximate surface area is 224 Å². The van der Waals surface area contributed by atoms with E-state index in [0.717, 1.165) is 19.4 Å². The van der Waals surface area contributed by atoms with E-state index in [2.05, 4.69) is 31.6 Å². The average molecular weight is 527 g/mol. The highest BCUT2D eigenvalue weighted by Crippen LogP contribution is 2.39. The van der Waals surface area contributed by atoms with Gasteiger partial charge in [-0.05, 0) is 68.4 Å². The van der Waals surface area contributed by atoms with E-state index in [0.29, 0.717) is 39.1 Å². The molecule has 2 heterocycles. The summed E-state index contributed by atoms with van der Waals surface area (Å²) in [6.07, 6.45) is 6.95. The zero-order chi connectivity index (χ0) is 26.6. The zero-order valence-corrected chi connectivity index (χ0v) is 21.3. The third kappa shape index (κ3) is 5.21. The molecule has 0 aliphatic carbocycles. The van der Waals surface area contributed by atoms with Crippen LogP contribution in [0.15, 0.2) is 73.1 Å². The van der Waals surface area contributed by atoms with Crippen LogP contribution in [0.5, 0.6) is 0 Å². The van der Waals surface area contributed by atoms with Crippen molar-refractivity contribution in [1.82, 2.24) is 14.9 Å². The lowest BCUT2D eigenvalue weighted by molar-refractivity contribution is -0.111. The number of amides is 1. The Kier molecular flexibility index (Phi) is 7.31. The van der Waals surface area contributed by atoms with Crippen LogP contribution in [0.4, 0.5) is 21.6 Å². The van der Waals surface area contributed by atoms with Gasteiger partial charge in [-0.25, -0.2) is 14.4 Å². The highest BCUT2D eigenvalue weighted by Gasteiger charge is 2.20. The van der Waals surface area contributed by atoms with Crippen molar-refractivity contribution in [3.63, 3.8) is 0 Å². The van der Waals surface area contributed by atoms with Crippen LogP contribution in [0.3, 0.4) is 0 Å². The Morgan fingerprint density at radius 3 is 2.82 bits per heavy atom. The topological polar surface area (TPSA) is 93.9 Å². The number of benzene rings is 3. The molecule has 0 bridgehead atoms. The number of nitriles is 1. The van der Waals surface area contributed by atoms with Crippen LogP contribution in [0.2, 0.25) is 5.02 Å². The molecule has 2 N–H and O–H groups in total. The fraction of sp³-hybridized carbons (Fsp3) is 0.172. The van der Waals surface area contributed by atoms with Crippen molar-refractivity contribution in [1.29, 1.82) is 5.26 Å². The third-order valence-electron chi connectivity index (χ3n) is 6.59. The van der Waals surface area contributed by atoms with E-state index in [1.54, 1.807) is 48.5 Å².